The number of carbonyl (C=O) groups is 4. The van der Waals surface area contributed by atoms with Gasteiger partial charge in [-0.1, -0.05) is 325 Å². The van der Waals surface area contributed by atoms with Crippen LogP contribution >= 0.6 is 15.6 Å². The quantitative estimate of drug-likeness (QED) is 0.0222. The Morgan fingerprint density at radius 2 is 0.447 bits per heavy atom. The van der Waals surface area contributed by atoms with Crippen LogP contribution < -0.4 is 0 Å². The maximum atomic E-state index is 13.0. The van der Waals surface area contributed by atoms with E-state index >= 15 is 0 Å². The Balaban J connectivity index is 5.17. The minimum absolute atomic E-state index is 0.106. The molecular formula is C75H146O17P2. The Kier molecular flexibility index (Phi) is 63.1. The van der Waals surface area contributed by atoms with Crippen LogP contribution in [-0.2, 0) is 65.4 Å². The molecule has 2 unspecified atom stereocenters. The molecule has 17 nitrogen and oxygen atoms in total. The van der Waals surface area contributed by atoms with Crippen molar-refractivity contribution in [2.75, 3.05) is 39.6 Å². The predicted octanol–water partition coefficient (Wildman–Crippen LogP) is 21.7. The second-order valence-corrected chi connectivity index (χ2v) is 31.9. The van der Waals surface area contributed by atoms with Crippen LogP contribution in [-0.4, -0.2) is 96.7 Å². The van der Waals surface area contributed by atoms with Gasteiger partial charge in [0.25, 0.3) is 0 Å². The van der Waals surface area contributed by atoms with Gasteiger partial charge in [0.2, 0.25) is 0 Å². The van der Waals surface area contributed by atoms with Crippen molar-refractivity contribution in [3.05, 3.63) is 0 Å². The summed E-state index contributed by atoms with van der Waals surface area (Å²) in [6.45, 7) is 14.1. The van der Waals surface area contributed by atoms with E-state index in [1.54, 1.807) is 0 Å². The number of hydrogen-bond acceptors (Lipinski definition) is 15. The fraction of sp³-hybridized carbons (Fsp3) is 0.947. The van der Waals surface area contributed by atoms with Crippen molar-refractivity contribution in [2.24, 2.45) is 23.7 Å². The second-order valence-electron chi connectivity index (χ2n) is 28.9. The molecule has 0 bridgehead atoms. The third-order valence-electron chi connectivity index (χ3n) is 17.3. The third kappa shape index (κ3) is 68.6. The van der Waals surface area contributed by atoms with E-state index in [-0.39, 0.29) is 25.7 Å². The lowest BCUT2D eigenvalue weighted by molar-refractivity contribution is -0.161. The van der Waals surface area contributed by atoms with Gasteiger partial charge in [0.15, 0.2) is 12.2 Å². The monoisotopic (exact) mass is 1380 g/mol. The summed E-state index contributed by atoms with van der Waals surface area (Å²) in [4.78, 5) is 72.6. The summed E-state index contributed by atoms with van der Waals surface area (Å²) in [5.74, 6) is 0.838. The summed E-state index contributed by atoms with van der Waals surface area (Å²) in [6, 6.07) is 0. The number of aliphatic hydroxyl groups is 1. The molecule has 558 valence electrons. The lowest BCUT2D eigenvalue weighted by atomic mass is 10.0. The summed E-state index contributed by atoms with van der Waals surface area (Å²) in [7, 11) is -9.91. The minimum Gasteiger partial charge on any atom is -0.462 e. The van der Waals surface area contributed by atoms with Gasteiger partial charge in [0.1, 0.15) is 19.3 Å². The number of unbranched alkanes of at least 4 members (excludes halogenated alkanes) is 38. The fourth-order valence-corrected chi connectivity index (χ4v) is 13.0. The first-order valence-electron chi connectivity index (χ1n) is 38.7. The smallest absolute Gasteiger partial charge is 0.462 e. The van der Waals surface area contributed by atoms with Crippen molar-refractivity contribution in [2.45, 2.75) is 395 Å². The van der Waals surface area contributed by atoms with Crippen molar-refractivity contribution in [1.29, 1.82) is 0 Å². The average molecular weight is 1380 g/mol. The van der Waals surface area contributed by atoms with Gasteiger partial charge in [0.05, 0.1) is 26.4 Å². The van der Waals surface area contributed by atoms with E-state index < -0.39 is 97.5 Å². The molecule has 0 aromatic heterocycles. The molecule has 0 spiro atoms. The van der Waals surface area contributed by atoms with Crippen LogP contribution in [0.1, 0.15) is 376 Å². The van der Waals surface area contributed by atoms with E-state index in [0.717, 1.165) is 115 Å². The minimum atomic E-state index is -4.95. The molecule has 0 rings (SSSR count). The molecule has 19 heteroatoms. The third-order valence-corrected chi connectivity index (χ3v) is 19.2. The second kappa shape index (κ2) is 64.4. The van der Waals surface area contributed by atoms with Gasteiger partial charge in [-0.2, -0.15) is 0 Å². The van der Waals surface area contributed by atoms with Gasteiger partial charge in [-0.05, 0) is 49.4 Å². The average Bonchev–Trinajstić information content (AvgIpc) is 1.67. The largest absolute Gasteiger partial charge is 0.472 e. The molecule has 0 aromatic carbocycles. The van der Waals surface area contributed by atoms with Crippen molar-refractivity contribution >= 4 is 39.5 Å². The molecule has 94 heavy (non-hydrogen) atoms. The molecular weight excluding hydrogens is 1230 g/mol. The molecule has 0 amide bonds. The Morgan fingerprint density at radius 3 is 0.660 bits per heavy atom. The first kappa shape index (κ1) is 92.1. The number of carbonyl (C=O) groups excluding carboxylic acids is 4. The molecule has 3 N–H and O–H groups in total. The van der Waals surface area contributed by atoms with Crippen LogP contribution in [0.4, 0.5) is 0 Å². The van der Waals surface area contributed by atoms with E-state index in [0.29, 0.717) is 37.5 Å². The van der Waals surface area contributed by atoms with E-state index in [2.05, 4.69) is 55.4 Å². The Morgan fingerprint density at radius 1 is 0.266 bits per heavy atom. The summed E-state index contributed by atoms with van der Waals surface area (Å²) >= 11 is 0. The Labute approximate surface area is 575 Å². The van der Waals surface area contributed by atoms with Crippen LogP contribution in [0.5, 0.6) is 0 Å². The van der Waals surface area contributed by atoms with Crippen molar-refractivity contribution < 1.29 is 80.2 Å². The number of rotatable bonds is 72. The highest BCUT2D eigenvalue weighted by Gasteiger charge is 2.30. The topological polar surface area (TPSA) is 237 Å². The summed E-state index contributed by atoms with van der Waals surface area (Å²) in [5, 5.41) is 10.6. The van der Waals surface area contributed by atoms with Gasteiger partial charge in [-0.15, -0.1) is 0 Å². The first-order valence-corrected chi connectivity index (χ1v) is 41.7. The standard InChI is InChI=1S/C75H146O17P2/c1-65(2)51-43-35-27-23-19-15-11-9-13-17-21-25-29-41-49-57-74(79)91-70(61-85-72(77)55-47-39-33-31-37-45-53-67(5)6)63-89-93(81,82)87-59-69(76)60-88-94(83,84)90-64-71(62-86-73(78)56-48-40-34-32-38-46-54-68(7)8)92-75(80)58-50-42-30-26-22-18-14-10-12-16-20-24-28-36-44-52-66(3)4/h65-71,76H,9-64H2,1-8H3,(H,81,82)(H,83,84)/t70-,71-/m1/s1. The molecule has 0 aromatic rings. The molecule has 0 aliphatic heterocycles. The zero-order chi connectivity index (χ0) is 69.6. The van der Waals surface area contributed by atoms with Crippen LogP contribution in [0.3, 0.4) is 0 Å². The molecule has 0 heterocycles. The Bertz CT molecular complexity index is 1720. The lowest BCUT2D eigenvalue weighted by Gasteiger charge is -2.21. The highest BCUT2D eigenvalue weighted by atomic mass is 31.2. The molecule has 0 aliphatic carbocycles. The molecule has 4 atom stereocenters. The predicted molar refractivity (Wildman–Crippen MR) is 381 cm³/mol. The summed E-state index contributed by atoms with van der Waals surface area (Å²) in [5.41, 5.74) is 0. The molecule has 0 saturated heterocycles. The Hall–Kier alpha value is -1.94. The number of hydrogen-bond donors (Lipinski definition) is 3. The van der Waals surface area contributed by atoms with Gasteiger partial charge in [-0.25, -0.2) is 9.13 Å². The van der Waals surface area contributed by atoms with Gasteiger partial charge < -0.3 is 33.8 Å². The first-order chi connectivity index (χ1) is 45.1. The van der Waals surface area contributed by atoms with Crippen molar-refractivity contribution in [3.63, 3.8) is 0 Å². The molecule has 0 aliphatic rings. The summed E-state index contributed by atoms with van der Waals surface area (Å²) in [6.07, 6.45) is 49.0. The van der Waals surface area contributed by atoms with Gasteiger partial charge in [-0.3, -0.25) is 37.3 Å². The molecule has 0 saturated carbocycles. The summed E-state index contributed by atoms with van der Waals surface area (Å²) < 4.78 is 68.4. The van der Waals surface area contributed by atoms with Crippen molar-refractivity contribution in [1.82, 2.24) is 0 Å². The zero-order valence-electron chi connectivity index (χ0n) is 61.6. The van der Waals surface area contributed by atoms with Crippen LogP contribution in [0.25, 0.3) is 0 Å². The maximum Gasteiger partial charge on any atom is 0.472 e. The maximum absolute atomic E-state index is 13.0. The number of aliphatic hydroxyl groups excluding tert-OH is 1. The fourth-order valence-electron chi connectivity index (χ4n) is 11.4. The molecule has 0 fully saturated rings. The van der Waals surface area contributed by atoms with E-state index in [9.17, 15) is 43.2 Å². The number of ether oxygens (including phenoxy) is 4. The van der Waals surface area contributed by atoms with Crippen LogP contribution in [0, 0.1) is 23.7 Å². The lowest BCUT2D eigenvalue weighted by Crippen LogP contribution is -2.30. The van der Waals surface area contributed by atoms with Gasteiger partial charge in [0, 0.05) is 25.7 Å². The molecule has 0 radical (unpaired) electrons. The van der Waals surface area contributed by atoms with E-state index in [1.165, 1.54) is 167 Å². The number of phosphoric ester groups is 2. The zero-order valence-corrected chi connectivity index (χ0v) is 63.4. The van der Waals surface area contributed by atoms with Crippen molar-refractivity contribution in [3.8, 4) is 0 Å². The van der Waals surface area contributed by atoms with E-state index in [1.807, 2.05) is 0 Å². The van der Waals surface area contributed by atoms with Crippen LogP contribution in [0.2, 0.25) is 0 Å². The number of phosphoric acid groups is 2. The highest BCUT2D eigenvalue weighted by Crippen LogP contribution is 2.45. The highest BCUT2D eigenvalue weighted by molar-refractivity contribution is 7.47. The SMILES string of the molecule is CC(C)CCCCCCCCCCCCCCCCCC(=O)O[C@H](COC(=O)CCCCCCCCC(C)C)COP(=O)(O)OCC(O)COP(=O)(O)OC[C@@H](COC(=O)CCCCCCCCC(C)C)OC(=O)CCCCCCCCCCCCCCCCCC(C)C. The van der Waals surface area contributed by atoms with E-state index in [4.69, 9.17) is 37.0 Å². The van der Waals surface area contributed by atoms with Crippen LogP contribution in [0.15, 0.2) is 0 Å². The number of esters is 4. The normalized spacial score (nSPS) is 14.2. The van der Waals surface area contributed by atoms with Gasteiger partial charge >= 0.3 is 39.5 Å².